The van der Waals surface area contributed by atoms with Crippen LogP contribution in [0.5, 0.6) is 0 Å². The molecule has 0 saturated carbocycles. The number of rotatable bonds is 36. The Bertz CT molecular complexity index is 1070. The summed E-state index contributed by atoms with van der Waals surface area (Å²) in [6, 6.07) is 5.02. The van der Waals surface area contributed by atoms with Crippen LogP contribution in [0.15, 0.2) is 24.3 Å². The van der Waals surface area contributed by atoms with Crippen molar-refractivity contribution < 1.29 is 78.4 Å². The van der Waals surface area contributed by atoms with Crippen molar-refractivity contribution in [2.24, 2.45) is 0 Å². The lowest BCUT2D eigenvalue weighted by Gasteiger charge is -2.05. The minimum absolute atomic E-state index is 0.0833. The first-order valence-electron chi connectivity index (χ1n) is 21.6. The fourth-order valence-electron chi connectivity index (χ4n) is 5.14. The van der Waals surface area contributed by atoms with Gasteiger partial charge < -0.3 is 49.6 Å². The Kier molecular flexibility index (Phi) is 42.9. The number of ether oxygens (including phenoxy) is 4. The topological polar surface area (TPSA) is 261 Å². The smallest absolute Gasteiger partial charge is 0.335 e. The molecule has 0 spiro atoms. The van der Waals surface area contributed by atoms with Gasteiger partial charge in [-0.2, -0.15) is 0 Å². The first-order chi connectivity index (χ1) is 29.0. The lowest BCUT2D eigenvalue weighted by molar-refractivity contribution is -0.144. The minimum Gasteiger partial charge on any atom is -0.478 e. The molecular formula is C44H74O16. The molecule has 60 heavy (non-hydrogen) atoms. The van der Waals surface area contributed by atoms with Crippen molar-refractivity contribution in [3.63, 3.8) is 0 Å². The predicted octanol–water partition coefficient (Wildman–Crippen LogP) is 6.56. The van der Waals surface area contributed by atoms with E-state index in [-0.39, 0.29) is 61.4 Å². The third kappa shape index (κ3) is 42.0. The van der Waals surface area contributed by atoms with E-state index >= 15 is 0 Å². The fourth-order valence-corrected chi connectivity index (χ4v) is 5.14. The molecule has 16 nitrogen and oxygen atoms in total. The highest BCUT2D eigenvalue weighted by Gasteiger charge is 2.07. The Balaban J connectivity index is 0. The zero-order valence-electron chi connectivity index (χ0n) is 35.7. The van der Waals surface area contributed by atoms with E-state index in [0.29, 0.717) is 103 Å². The zero-order valence-corrected chi connectivity index (χ0v) is 35.7. The van der Waals surface area contributed by atoms with Gasteiger partial charge in [-0.1, -0.05) is 51.4 Å². The van der Waals surface area contributed by atoms with Crippen LogP contribution < -0.4 is 0 Å². The molecule has 0 heterocycles. The maximum atomic E-state index is 11.4. The molecule has 0 saturated heterocycles. The number of unbranched alkanes of at least 4 members (excludes halogenated alkanes) is 14. The van der Waals surface area contributed by atoms with E-state index in [9.17, 15) is 28.8 Å². The van der Waals surface area contributed by atoms with Crippen molar-refractivity contribution in [1.29, 1.82) is 0 Å². The highest BCUT2D eigenvalue weighted by Crippen LogP contribution is 2.11. The molecule has 0 amide bonds. The van der Waals surface area contributed by atoms with Gasteiger partial charge in [-0.3, -0.25) is 19.2 Å². The van der Waals surface area contributed by atoms with Gasteiger partial charge in [-0.15, -0.1) is 0 Å². The maximum Gasteiger partial charge on any atom is 0.335 e. The van der Waals surface area contributed by atoms with Gasteiger partial charge in [0.25, 0.3) is 0 Å². The van der Waals surface area contributed by atoms with Gasteiger partial charge in [0.05, 0.1) is 37.6 Å². The summed E-state index contributed by atoms with van der Waals surface area (Å²) in [5.41, 5.74) is 0.167. The SMILES string of the molecule is O=C(CCCCCCCCC(=O)OCCCCO)OCCCCO.O=C(CCCCCCCCC(=O)OCCCCO)OCCCCO.O=C(O)c1ccc(C(=O)O)cc1. The quantitative estimate of drug-likeness (QED) is 0.0237. The van der Waals surface area contributed by atoms with Crippen molar-refractivity contribution in [1.82, 2.24) is 0 Å². The number of hydrogen-bond acceptors (Lipinski definition) is 14. The highest BCUT2D eigenvalue weighted by atomic mass is 16.5. The average molecular weight is 859 g/mol. The molecule has 0 aliphatic heterocycles. The van der Waals surface area contributed by atoms with E-state index in [0.717, 1.165) is 77.0 Å². The number of aliphatic hydroxyl groups excluding tert-OH is 4. The number of carbonyl (C=O) groups excluding carboxylic acids is 4. The van der Waals surface area contributed by atoms with E-state index in [1.165, 1.54) is 24.3 Å². The molecule has 0 fully saturated rings. The van der Waals surface area contributed by atoms with Gasteiger partial charge in [-0.25, -0.2) is 9.59 Å². The lowest BCUT2D eigenvalue weighted by Crippen LogP contribution is -2.06. The van der Waals surface area contributed by atoms with Crippen LogP contribution in [0.2, 0.25) is 0 Å². The van der Waals surface area contributed by atoms with Crippen molar-refractivity contribution in [2.75, 3.05) is 52.9 Å². The number of aromatic carboxylic acids is 2. The molecule has 0 atom stereocenters. The van der Waals surface area contributed by atoms with Gasteiger partial charge in [0.15, 0.2) is 0 Å². The van der Waals surface area contributed by atoms with E-state index in [4.69, 9.17) is 49.6 Å². The van der Waals surface area contributed by atoms with Crippen LogP contribution in [0, 0.1) is 0 Å². The summed E-state index contributed by atoms with van der Waals surface area (Å²) < 4.78 is 20.2. The second-order valence-corrected chi connectivity index (χ2v) is 14.0. The lowest BCUT2D eigenvalue weighted by atomic mass is 10.1. The van der Waals surface area contributed by atoms with Gasteiger partial charge in [0.2, 0.25) is 0 Å². The second-order valence-electron chi connectivity index (χ2n) is 14.0. The summed E-state index contributed by atoms with van der Waals surface area (Å²) in [7, 11) is 0. The van der Waals surface area contributed by atoms with Gasteiger partial charge in [-0.05, 0) is 101 Å². The van der Waals surface area contributed by atoms with Crippen LogP contribution in [-0.2, 0) is 38.1 Å². The minimum atomic E-state index is -1.06. The molecule has 6 N–H and O–H groups in total. The van der Waals surface area contributed by atoms with Crippen LogP contribution in [0.1, 0.15) is 175 Å². The molecule has 346 valence electrons. The van der Waals surface area contributed by atoms with Crippen LogP contribution in [0.25, 0.3) is 0 Å². The van der Waals surface area contributed by atoms with Crippen LogP contribution in [0.3, 0.4) is 0 Å². The highest BCUT2D eigenvalue weighted by molar-refractivity contribution is 5.91. The first-order valence-corrected chi connectivity index (χ1v) is 21.6. The summed E-state index contributed by atoms with van der Waals surface area (Å²) in [6.45, 7) is 2.14. The second kappa shape index (κ2) is 44.4. The van der Waals surface area contributed by atoms with E-state index < -0.39 is 11.9 Å². The normalized spacial score (nSPS) is 10.3. The molecule has 0 aromatic heterocycles. The van der Waals surface area contributed by atoms with E-state index in [2.05, 4.69) is 0 Å². The van der Waals surface area contributed by atoms with Crippen molar-refractivity contribution in [3.05, 3.63) is 35.4 Å². The Morgan fingerprint density at radius 2 is 0.517 bits per heavy atom. The van der Waals surface area contributed by atoms with Crippen molar-refractivity contribution in [3.8, 4) is 0 Å². The third-order valence-corrected chi connectivity index (χ3v) is 8.66. The Morgan fingerprint density at radius 3 is 0.700 bits per heavy atom. The largest absolute Gasteiger partial charge is 0.478 e. The summed E-state index contributed by atoms with van der Waals surface area (Å²) in [5.74, 6) is -2.75. The molecule has 16 heteroatoms. The maximum absolute atomic E-state index is 11.4. The molecule has 1 aromatic rings. The van der Waals surface area contributed by atoms with E-state index in [1.54, 1.807) is 0 Å². The monoisotopic (exact) mass is 858 g/mol. The fraction of sp³-hybridized carbons (Fsp3) is 0.727. The summed E-state index contributed by atoms with van der Waals surface area (Å²) in [6.07, 6.45) is 18.9. The number of carboxylic acids is 2. The van der Waals surface area contributed by atoms with Gasteiger partial charge in [0, 0.05) is 52.1 Å². The number of benzene rings is 1. The summed E-state index contributed by atoms with van der Waals surface area (Å²) in [4.78, 5) is 66.2. The molecule has 1 aromatic carbocycles. The van der Waals surface area contributed by atoms with Crippen LogP contribution >= 0.6 is 0 Å². The van der Waals surface area contributed by atoms with Gasteiger partial charge in [0.1, 0.15) is 0 Å². The Labute approximate surface area is 355 Å². The number of esters is 4. The zero-order chi connectivity index (χ0) is 44.9. The van der Waals surface area contributed by atoms with Crippen LogP contribution in [-0.4, -0.2) is 119 Å². The van der Waals surface area contributed by atoms with Gasteiger partial charge >= 0.3 is 35.8 Å². The molecule has 1 rings (SSSR count). The number of carboxylic acid groups (broad SMARTS) is 2. The van der Waals surface area contributed by atoms with Crippen molar-refractivity contribution >= 4 is 35.8 Å². The Hall–Kier alpha value is -4.12. The average Bonchev–Trinajstić information content (AvgIpc) is 3.23. The molecule has 0 aliphatic rings. The summed E-state index contributed by atoms with van der Waals surface area (Å²) >= 11 is 0. The molecule has 0 unspecified atom stereocenters. The molecular weight excluding hydrogens is 784 g/mol. The molecule has 0 bridgehead atoms. The van der Waals surface area contributed by atoms with Crippen LogP contribution in [0.4, 0.5) is 0 Å². The first kappa shape index (κ1) is 58.0. The molecule has 0 aliphatic carbocycles. The number of aliphatic hydroxyl groups is 4. The number of carbonyl (C=O) groups is 6. The van der Waals surface area contributed by atoms with E-state index in [1.807, 2.05) is 0 Å². The number of hydrogen-bond donors (Lipinski definition) is 6. The molecule has 0 radical (unpaired) electrons. The van der Waals surface area contributed by atoms with Crippen molar-refractivity contribution in [2.45, 2.75) is 154 Å². The predicted molar refractivity (Wildman–Crippen MR) is 223 cm³/mol. The summed E-state index contributed by atoms with van der Waals surface area (Å²) in [5, 5.41) is 51.4. The third-order valence-electron chi connectivity index (χ3n) is 8.66. The standard InChI is InChI=1S/2C18H34O6.C8H6O4/c2*19-13-7-9-15-23-17(21)11-5-3-1-2-4-6-12-18(22)24-16-10-8-14-20;9-7(10)5-1-2-6(4-3-5)8(11)12/h2*19-20H,1-16H2;1-4H,(H,9,10)(H,11,12). The Morgan fingerprint density at radius 1 is 0.317 bits per heavy atom.